The molecule has 0 aliphatic rings. The minimum Gasteiger partial charge on any atom is -0.397 e. The van der Waals surface area contributed by atoms with Crippen molar-refractivity contribution in [2.75, 3.05) is 5.73 Å². The molecule has 1 heterocycles. The fraction of sp³-hybridized carbons (Fsp3) is 0.214. The lowest BCUT2D eigenvalue weighted by Crippen LogP contribution is -2.04. The number of benzene rings is 1. The molecular formula is C14H15N3. The number of aryl methyl sites for hydroxylation is 1. The van der Waals surface area contributed by atoms with Gasteiger partial charge in [0.15, 0.2) is 0 Å². The molecule has 0 atom stereocenters. The predicted molar refractivity (Wildman–Crippen MR) is 68.6 cm³/mol. The molecule has 0 amide bonds. The molecule has 0 aliphatic carbocycles. The Morgan fingerprint density at radius 1 is 1.29 bits per heavy atom. The Balaban J connectivity index is 2.40. The van der Waals surface area contributed by atoms with E-state index in [1.165, 1.54) is 11.1 Å². The number of nitrogen functional groups attached to an aromatic ring is 1. The molecular weight excluding hydrogens is 210 g/mol. The van der Waals surface area contributed by atoms with E-state index < -0.39 is 0 Å². The van der Waals surface area contributed by atoms with E-state index in [0.29, 0.717) is 17.9 Å². The van der Waals surface area contributed by atoms with Crippen molar-refractivity contribution in [3.63, 3.8) is 0 Å². The van der Waals surface area contributed by atoms with Gasteiger partial charge >= 0.3 is 0 Å². The van der Waals surface area contributed by atoms with Crippen LogP contribution in [0.1, 0.15) is 22.5 Å². The molecule has 3 heteroatoms. The van der Waals surface area contributed by atoms with Gasteiger partial charge in [0.2, 0.25) is 0 Å². The molecule has 0 saturated carbocycles. The highest BCUT2D eigenvalue weighted by molar-refractivity contribution is 5.50. The highest BCUT2D eigenvalue weighted by atomic mass is 15.0. The van der Waals surface area contributed by atoms with Gasteiger partial charge in [-0.3, -0.25) is 0 Å². The summed E-state index contributed by atoms with van der Waals surface area (Å²) in [7, 11) is 0. The lowest BCUT2D eigenvalue weighted by atomic mass is 10.1. The van der Waals surface area contributed by atoms with E-state index in [-0.39, 0.29) is 0 Å². The minimum atomic E-state index is 0.613. The number of aromatic nitrogens is 1. The molecule has 0 aliphatic heterocycles. The Kier molecular flexibility index (Phi) is 2.88. The Morgan fingerprint density at radius 3 is 2.71 bits per heavy atom. The highest BCUT2D eigenvalue weighted by Crippen LogP contribution is 2.19. The monoisotopic (exact) mass is 225 g/mol. The third kappa shape index (κ3) is 2.16. The Labute approximate surface area is 101 Å². The van der Waals surface area contributed by atoms with E-state index in [4.69, 9.17) is 11.0 Å². The molecule has 2 aromatic rings. The maximum atomic E-state index is 9.06. The zero-order chi connectivity index (χ0) is 12.4. The van der Waals surface area contributed by atoms with Gasteiger partial charge in [-0.05, 0) is 25.5 Å². The second-order valence-electron chi connectivity index (χ2n) is 4.26. The molecule has 0 spiro atoms. The topological polar surface area (TPSA) is 54.7 Å². The third-order valence-electron chi connectivity index (χ3n) is 2.94. The van der Waals surface area contributed by atoms with Crippen LogP contribution in [0.4, 0.5) is 5.69 Å². The fourth-order valence-electron chi connectivity index (χ4n) is 1.96. The maximum absolute atomic E-state index is 9.06. The molecule has 3 nitrogen and oxygen atoms in total. The zero-order valence-corrected chi connectivity index (χ0v) is 10.1. The van der Waals surface area contributed by atoms with Crippen LogP contribution in [0.2, 0.25) is 0 Å². The molecule has 0 saturated heterocycles. The fourth-order valence-corrected chi connectivity index (χ4v) is 1.96. The summed E-state index contributed by atoms with van der Waals surface area (Å²) < 4.78 is 1.95. The van der Waals surface area contributed by atoms with Crippen molar-refractivity contribution in [3.05, 3.63) is 52.8 Å². The van der Waals surface area contributed by atoms with Gasteiger partial charge in [0.25, 0.3) is 0 Å². The predicted octanol–water partition coefficient (Wildman–Crippen LogP) is 2.61. The summed E-state index contributed by atoms with van der Waals surface area (Å²) in [5.41, 5.74) is 10.5. The molecule has 0 bridgehead atoms. The van der Waals surface area contributed by atoms with E-state index in [9.17, 15) is 0 Å². The van der Waals surface area contributed by atoms with Gasteiger partial charge in [-0.2, -0.15) is 5.26 Å². The highest BCUT2D eigenvalue weighted by Gasteiger charge is 2.09. The van der Waals surface area contributed by atoms with Crippen LogP contribution in [0.25, 0.3) is 0 Å². The molecule has 1 aromatic heterocycles. The minimum absolute atomic E-state index is 0.613. The molecule has 0 fully saturated rings. The van der Waals surface area contributed by atoms with Crippen LogP contribution in [0, 0.1) is 25.2 Å². The first-order valence-electron chi connectivity index (χ1n) is 5.53. The molecule has 0 unspecified atom stereocenters. The van der Waals surface area contributed by atoms with Gasteiger partial charge in [-0.1, -0.05) is 29.8 Å². The van der Waals surface area contributed by atoms with Crippen molar-refractivity contribution in [3.8, 4) is 6.07 Å². The van der Waals surface area contributed by atoms with Crippen molar-refractivity contribution in [2.45, 2.75) is 20.4 Å². The first kappa shape index (κ1) is 11.3. The summed E-state index contributed by atoms with van der Waals surface area (Å²) >= 11 is 0. The average molecular weight is 225 g/mol. The van der Waals surface area contributed by atoms with Crippen LogP contribution in [0.15, 0.2) is 30.3 Å². The van der Waals surface area contributed by atoms with Crippen molar-refractivity contribution in [1.29, 1.82) is 5.26 Å². The van der Waals surface area contributed by atoms with Crippen molar-refractivity contribution in [2.24, 2.45) is 0 Å². The average Bonchev–Trinajstić information content (AvgIpc) is 2.57. The summed E-state index contributed by atoms with van der Waals surface area (Å²) in [5, 5.41) is 9.06. The second kappa shape index (κ2) is 4.34. The Hall–Kier alpha value is -2.21. The maximum Gasteiger partial charge on any atom is 0.122 e. The van der Waals surface area contributed by atoms with E-state index >= 15 is 0 Å². The van der Waals surface area contributed by atoms with Crippen LogP contribution in [-0.4, -0.2) is 4.57 Å². The number of nitrogens with zero attached hydrogens (tertiary/aromatic N) is 2. The largest absolute Gasteiger partial charge is 0.397 e. The number of nitrogens with two attached hydrogens (primary N) is 1. The number of nitriles is 1. The number of hydrogen-bond acceptors (Lipinski definition) is 2. The second-order valence-corrected chi connectivity index (χ2v) is 4.26. The van der Waals surface area contributed by atoms with Crippen molar-refractivity contribution in [1.82, 2.24) is 4.57 Å². The summed E-state index contributed by atoms with van der Waals surface area (Å²) in [6.45, 7) is 4.69. The van der Waals surface area contributed by atoms with Gasteiger partial charge in [0, 0.05) is 12.2 Å². The summed E-state index contributed by atoms with van der Waals surface area (Å²) in [5.74, 6) is 0. The van der Waals surface area contributed by atoms with Crippen LogP contribution < -0.4 is 5.73 Å². The number of rotatable bonds is 2. The molecule has 2 rings (SSSR count). The van der Waals surface area contributed by atoms with Crippen LogP contribution in [0.3, 0.4) is 0 Å². The van der Waals surface area contributed by atoms with Crippen molar-refractivity contribution < 1.29 is 0 Å². The van der Waals surface area contributed by atoms with Crippen molar-refractivity contribution >= 4 is 5.69 Å². The summed E-state index contributed by atoms with van der Waals surface area (Å²) in [6, 6.07) is 12.2. The van der Waals surface area contributed by atoms with E-state index in [1.54, 1.807) is 6.07 Å². The zero-order valence-electron chi connectivity index (χ0n) is 10.1. The van der Waals surface area contributed by atoms with Crippen LogP contribution in [-0.2, 0) is 6.54 Å². The number of hydrogen-bond donors (Lipinski definition) is 1. The molecule has 86 valence electrons. The lowest BCUT2D eigenvalue weighted by molar-refractivity contribution is 0.765. The van der Waals surface area contributed by atoms with E-state index in [0.717, 1.165) is 5.69 Å². The Morgan fingerprint density at radius 2 is 2.06 bits per heavy atom. The SMILES string of the molecule is Cc1cccc(Cn2c(C#N)cc(N)c2C)c1. The molecule has 1 aromatic carbocycles. The molecule has 17 heavy (non-hydrogen) atoms. The molecule has 2 N–H and O–H groups in total. The lowest BCUT2D eigenvalue weighted by Gasteiger charge is -2.08. The first-order valence-corrected chi connectivity index (χ1v) is 5.53. The summed E-state index contributed by atoms with van der Waals surface area (Å²) in [6.07, 6.45) is 0. The summed E-state index contributed by atoms with van der Waals surface area (Å²) in [4.78, 5) is 0. The standard InChI is InChI=1S/C14H15N3/c1-10-4-3-5-12(6-10)9-17-11(2)14(16)7-13(17)8-15/h3-7H,9,16H2,1-2H3. The van der Waals surface area contributed by atoms with Gasteiger partial charge in [-0.25, -0.2) is 0 Å². The normalized spacial score (nSPS) is 10.2. The van der Waals surface area contributed by atoms with Crippen LogP contribution >= 0.6 is 0 Å². The quantitative estimate of drug-likeness (QED) is 0.854. The first-order chi connectivity index (χ1) is 8.11. The molecule has 0 radical (unpaired) electrons. The van der Waals surface area contributed by atoms with Gasteiger partial charge in [0.1, 0.15) is 11.8 Å². The van der Waals surface area contributed by atoms with Gasteiger partial charge < -0.3 is 10.3 Å². The van der Waals surface area contributed by atoms with E-state index in [2.05, 4.69) is 31.2 Å². The third-order valence-corrected chi connectivity index (χ3v) is 2.94. The van der Waals surface area contributed by atoms with Crippen LogP contribution in [0.5, 0.6) is 0 Å². The smallest absolute Gasteiger partial charge is 0.122 e. The van der Waals surface area contributed by atoms with Gasteiger partial charge in [0.05, 0.1) is 5.69 Å². The Bertz CT molecular complexity index is 588. The number of anilines is 1. The van der Waals surface area contributed by atoms with Gasteiger partial charge in [-0.15, -0.1) is 0 Å². The van der Waals surface area contributed by atoms with E-state index in [1.807, 2.05) is 17.6 Å².